The number of hydrogen-bond donors (Lipinski definition) is 2. The van der Waals surface area contributed by atoms with Crippen LogP contribution in [-0.4, -0.2) is 17.3 Å². The zero-order valence-corrected chi connectivity index (χ0v) is 9.58. The zero-order chi connectivity index (χ0) is 11.0. The Kier molecular flexibility index (Phi) is 2.60. The van der Waals surface area contributed by atoms with Gasteiger partial charge in [-0.25, -0.2) is 0 Å². The molecule has 2 aliphatic carbocycles. The summed E-state index contributed by atoms with van der Waals surface area (Å²) in [5, 5.41) is 13.3. The lowest BCUT2D eigenvalue weighted by Gasteiger charge is -2.18. The number of aliphatic hydroxyl groups is 1. The van der Waals surface area contributed by atoms with Gasteiger partial charge in [0.2, 0.25) is 0 Å². The molecule has 0 heterocycles. The monoisotopic (exact) mass is 217 g/mol. The van der Waals surface area contributed by atoms with E-state index in [0.717, 1.165) is 19.3 Å². The topological polar surface area (TPSA) is 32.3 Å². The minimum absolute atomic E-state index is 0.159. The number of anilines is 1. The Morgan fingerprint density at radius 1 is 1.06 bits per heavy atom. The summed E-state index contributed by atoms with van der Waals surface area (Å²) in [5.41, 5.74) is 4.20. The van der Waals surface area contributed by atoms with Gasteiger partial charge in [-0.05, 0) is 61.8 Å². The average Bonchev–Trinajstić information content (AvgIpc) is 2.88. The van der Waals surface area contributed by atoms with Crippen molar-refractivity contribution >= 4 is 5.69 Å². The Hall–Kier alpha value is -1.02. The molecule has 1 saturated carbocycles. The number of aryl methyl sites for hydroxylation is 2. The van der Waals surface area contributed by atoms with E-state index in [-0.39, 0.29) is 12.1 Å². The van der Waals surface area contributed by atoms with Crippen LogP contribution >= 0.6 is 0 Å². The van der Waals surface area contributed by atoms with Crippen molar-refractivity contribution in [2.45, 2.75) is 50.7 Å². The molecular formula is C14H19NO. The van der Waals surface area contributed by atoms with Crippen LogP contribution in [0.25, 0.3) is 0 Å². The van der Waals surface area contributed by atoms with Gasteiger partial charge in [0.25, 0.3) is 0 Å². The van der Waals surface area contributed by atoms with Crippen LogP contribution in [-0.2, 0) is 12.8 Å². The number of rotatable bonds is 2. The van der Waals surface area contributed by atoms with Gasteiger partial charge in [0, 0.05) is 5.69 Å². The molecule has 0 bridgehead atoms. The van der Waals surface area contributed by atoms with Crippen molar-refractivity contribution in [1.82, 2.24) is 0 Å². The normalized spacial score (nSPS) is 28.1. The summed E-state index contributed by atoms with van der Waals surface area (Å²) < 4.78 is 0. The highest BCUT2D eigenvalue weighted by atomic mass is 16.3. The molecule has 2 nitrogen and oxygen atoms in total. The van der Waals surface area contributed by atoms with Crippen molar-refractivity contribution in [2.75, 3.05) is 5.32 Å². The van der Waals surface area contributed by atoms with E-state index in [4.69, 9.17) is 0 Å². The van der Waals surface area contributed by atoms with Gasteiger partial charge in [0.15, 0.2) is 0 Å². The molecular weight excluding hydrogens is 198 g/mol. The minimum Gasteiger partial charge on any atom is -0.391 e. The number of benzene rings is 1. The molecule has 0 unspecified atom stereocenters. The fourth-order valence-corrected chi connectivity index (χ4v) is 2.98. The van der Waals surface area contributed by atoms with Crippen molar-refractivity contribution in [3.63, 3.8) is 0 Å². The van der Waals surface area contributed by atoms with Gasteiger partial charge in [-0.2, -0.15) is 0 Å². The number of hydrogen-bond acceptors (Lipinski definition) is 2. The number of aliphatic hydroxyl groups excluding tert-OH is 1. The van der Waals surface area contributed by atoms with Gasteiger partial charge in [0.1, 0.15) is 0 Å². The van der Waals surface area contributed by atoms with Crippen LogP contribution in [0, 0.1) is 0 Å². The van der Waals surface area contributed by atoms with Gasteiger partial charge in [0.05, 0.1) is 12.1 Å². The molecule has 1 aromatic carbocycles. The molecule has 2 heteroatoms. The minimum atomic E-state index is -0.159. The van der Waals surface area contributed by atoms with E-state index < -0.39 is 0 Å². The summed E-state index contributed by atoms with van der Waals surface area (Å²) >= 11 is 0. The van der Waals surface area contributed by atoms with Gasteiger partial charge in [-0.15, -0.1) is 0 Å². The van der Waals surface area contributed by atoms with E-state index >= 15 is 0 Å². The van der Waals surface area contributed by atoms with E-state index in [2.05, 4.69) is 23.5 Å². The fraction of sp³-hybridized carbons (Fsp3) is 0.571. The molecule has 0 radical (unpaired) electrons. The molecule has 0 saturated heterocycles. The highest BCUT2D eigenvalue weighted by Crippen LogP contribution is 2.27. The molecule has 2 atom stereocenters. The molecule has 1 fully saturated rings. The van der Waals surface area contributed by atoms with E-state index in [0.29, 0.717) is 0 Å². The summed E-state index contributed by atoms with van der Waals surface area (Å²) in [5.74, 6) is 0. The van der Waals surface area contributed by atoms with Crippen molar-refractivity contribution in [2.24, 2.45) is 0 Å². The molecule has 1 aromatic rings. The Morgan fingerprint density at radius 3 is 2.75 bits per heavy atom. The average molecular weight is 217 g/mol. The maximum absolute atomic E-state index is 9.78. The summed E-state index contributed by atoms with van der Waals surface area (Å²) in [4.78, 5) is 0. The van der Waals surface area contributed by atoms with Gasteiger partial charge in [-0.3, -0.25) is 0 Å². The maximum Gasteiger partial charge on any atom is 0.0741 e. The summed E-state index contributed by atoms with van der Waals surface area (Å²) in [6.07, 6.45) is 6.78. The third-order valence-corrected chi connectivity index (χ3v) is 3.93. The molecule has 0 aromatic heterocycles. The Morgan fingerprint density at radius 2 is 1.94 bits per heavy atom. The lowest BCUT2D eigenvalue weighted by atomic mass is 10.1. The van der Waals surface area contributed by atoms with E-state index in [1.807, 2.05) is 0 Å². The van der Waals surface area contributed by atoms with E-state index in [1.54, 1.807) is 0 Å². The molecule has 3 rings (SSSR count). The quantitative estimate of drug-likeness (QED) is 0.797. The first kappa shape index (κ1) is 10.2. The van der Waals surface area contributed by atoms with E-state index in [9.17, 15) is 5.11 Å². The van der Waals surface area contributed by atoms with Gasteiger partial charge < -0.3 is 10.4 Å². The van der Waals surface area contributed by atoms with E-state index in [1.165, 1.54) is 36.1 Å². The summed E-state index contributed by atoms with van der Waals surface area (Å²) in [6.45, 7) is 0. The lowest BCUT2D eigenvalue weighted by molar-refractivity contribution is 0.172. The Balaban J connectivity index is 1.75. The predicted molar refractivity (Wildman–Crippen MR) is 65.7 cm³/mol. The van der Waals surface area contributed by atoms with Crippen LogP contribution in [0.4, 0.5) is 5.69 Å². The fourth-order valence-electron chi connectivity index (χ4n) is 2.98. The molecule has 16 heavy (non-hydrogen) atoms. The second-order valence-electron chi connectivity index (χ2n) is 5.09. The first-order valence-corrected chi connectivity index (χ1v) is 6.39. The summed E-state index contributed by atoms with van der Waals surface area (Å²) in [6, 6.07) is 6.94. The number of nitrogens with one attached hydrogen (secondary N) is 1. The SMILES string of the molecule is O[C@@H]1CCC[C@H]1Nc1ccc2c(c1)CCC2. The van der Waals surface area contributed by atoms with Crippen molar-refractivity contribution in [3.05, 3.63) is 29.3 Å². The Labute approximate surface area is 96.7 Å². The zero-order valence-electron chi connectivity index (χ0n) is 9.58. The standard InChI is InChI=1S/C14H19NO/c16-14-6-2-5-13(14)15-12-8-7-10-3-1-4-11(10)9-12/h7-9,13-16H,1-6H2/t13-,14-/m1/s1. The molecule has 86 valence electrons. The van der Waals surface area contributed by atoms with Crippen molar-refractivity contribution in [1.29, 1.82) is 0 Å². The number of fused-ring (bicyclic) bond motifs is 1. The predicted octanol–water partition coefficient (Wildman–Crippen LogP) is 2.50. The molecule has 2 aliphatic rings. The van der Waals surface area contributed by atoms with Crippen LogP contribution in [0.2, 0.25) is 0 Å². The van der Waals surface area contributed by atoms with Crippen molar-refractivity contribution in [3.8, 4) is 0 Å². The smallest absolute Gasteiger partial charge is 0.0741 e. The highest BCUT2D eigenvalue weighted by molar-refractivity contribution is 5.51. The Bertz CT molecular complexity index is 388. The van der Waals surface area contributed by atoms with Gasteiger partial charge >= 0.3 is 0 Å². The van der Waals surface area contributed by atoms with Crippen LogP contribution in [0.5, 0.6) is 0 Å². The largest absolute Gasteiger partial charge is 0.391 e. The van der Waals surface area contributed by atoms with Crippen LogP contribution in [0.1, 0.15) is 36.8 Å². The van der Waals surface area contributed by atoms with Gasteiger partial charge in [-0.1, -0.05) is 6.07 Å². The molecule has 0 amide bonds. The second kappa shape index (κ2) is 4.10. The molecule has 2 N–H and O–H groups in total. The highest BCUT2D eigenvalue weighted by Gasteiger charge is 2.25. The summed E-state index contributed by atoms with van der Waals surface area (Å²) in [7, 11) is 0. The third kappa shape index (κ3) is 1.82. The third-order valence-electron chi connectivity index (χ3n) is 3.93. The lowest BCUT2D eigenvalue weighted by Crippen LogP contribution is -2.27. The molecule has 0 aliphatic heterocycles. The molecule has 0 spiro atoms. The van der Waals surface area contributed by atoms with Crippen molar-refractivity contribution < 1.29 is 5.11 Å². The van der Waals surface area contributed by atoms with Crippen LogP contribution in [0.3, 0.4) is 0 Å². The maximum atomic E-state index is 9.78. The second-order valence-corrected chi connectivity index (χ2v) is 5.09. The first-order valence-electron chi connectivity index (χ1n) is 6.39. The first-order chi connectivity index (χ1) is 7.83. The van der Waals surface area contributed by atoms with Crippen LogP contribution < -0.4 is 5.32 Å². The van der Waals surface area contributed by atoms with Crippen LogP contribution in [0.15, 0.2) is 18.2 Å².